The minimum atomic E-state index is -0.199. The molecule has 1 aromatic carbocycles. The van der Waals surface area contributed by atoms with E-state index in [9.17, 15) is 4.79 Å². The molecule has 0 unspecified atom stereocenters. The third kappa shape index (κ3) is 2.89. The van der Waals surface area contributed by atoms with Gasteiger partial charge in [0, 0.05) is 5.56 Å². The van der Waals surface area contributed by atoms with Crippen molar-refractivity contribution < 1.29 is 9.21 Å². The molecule has 0 aliphatic heterocycles. The Morgan fingerprint density at radius 1 is 1.30 bits per heavy atom. The molecule has 6 nitrogen and oxygen atoms in total. The van der Waals surface area contributed by atoms with Crippen molar-refractivity contribution in [2.24, 2.45) is 0 Å². The third-order valence-electron chi connectivity index (χ3n) is 2.52. The van der Waals surface area contributed by atoms with E-state index in [2.05, 4.69) is 20.5 Å². The minimum absolute atomic E-state index is 0.135. The second kappa shape index (κ2) is 5.62. The van der Waals surface area contributed by atoms with Crippen LogP contribution in [-0.2, 0) is 11.2 Å². The molecule has 2 aromatic heterocycles. The van der Waals surface area contributed by atoms with E-state index in [1.54, 1.807) is 5.51 Å². The lowest BCUT2D eigenvalue weighted by molar-refractivity contribution is -0.115. The normalized spacial score (nSPS) is 10.4. The first-order valence-corrected chi connectivity index (χ1v) is 6.75. The molecule has 1 N–H and O–H groups in total. The summed E-state index contributed by atoms with van der Waals surface area (Å²) >= 11 is 1.27. The molecule has 0 saturated heterocycles. The Morgan fingerprint density at radius 2 is 2.15 bits per heavy atom. The summed E-state index contributed by atoms with van der Waals surface area (Å²) in [7, 11) is 0. The zero-order chi connectivity index (χ0) is 13.8. The van der Waals surface area contributed by atoms with Crippen molar-refractivity contribution in [3.05, 3.63) is 47.8 Å². The van der Waals surface area contributed by atoms with Crippen LogP contribution in [0, 0.1) is 0 Å². The van der Waals surface area contributed by atoms with E-state index in [1.807, 2.05) is 30.3 Å². The van der Waals surface area contributed by atoms with Gasteiger partial charge in [-0.2, -0.15) is 0 Å². The van der Waals surface area contributed by atoms with Crippen LogP contribution in [0.3, 0.4) is 0 Å². The fourth-order valence-electron chi connectivity index (χ4n) is 1.66. The zero-order valence-corrected chi connectivity index (χ0v) is 11.1. The fourth-order valence-corrected chi connectivity index (χ4v) is 2.12. The van der Waals surface area contributed by atoms with E-state index in [4.69, 9.17) is 4.42 Å². The van der Waals surface area contributed by atoms with Crippen molar-refractivity contribution in [2.45, 2.75) is 6.42 Å². The Kier molecular flexibility index (Phi) is 3.51. The highest BCUT2D eigenvalue weighted by Gasteiger charge is 2.11. The molecule has 0 spiro atoms. The summed E-state index contributed by atoms with van der Waals surface area (Å²) in [5.41, 5.74) is 3.01. The summed E-state index contributed by atoms with van der Waals surface area (Å²) in [5, 5.41) is 10.5. The van der Waals surface area contributed by atoms with E-state index >= 15 is 0 Å². The van der Waals surface area contributed by atoms with Crippen LogP contribution >= 0.6 is 11.3 Å². The first kappa shape index (κ1) is 12.5. The second-order valence-electron chi connectivity index (χ2n) is 3.98. The van der Waals surface area contributed by atoms with Crippen LogP contribution in [0.25, 0.3) is 11.5 Å². The summed E-state index contributed by atoms with van der Waals surface area (Å²) in [4.78, 5) is 16.1. The first-order chi connectivity index (χ1) is 9.81. The number of hydrogen-bond acceptors (Lipinski definition) is 6. The van der Waals surface area contributed by atoms with E-state index in [0.717, 1.165) is 5.56 Å². The maximum absolute atomic E-state index is 11.8. The number of amides is 1. The molecule has 7 heteroatoms. The largest absolute Gasteiger partial charge is 0.444 e. The number of oxazole rings is 1. The lowest BCUT2D eigenvalue weighted by atomic mass is 10.2. The van der Waals surface area contributed by atoms with Gasteiger partial charge in [-0.3, -0.25) is 4.79 Å². The highest BCUT2D eigenvalue weighted by molar-refractivity contribution is 7.13. The van der Waals surface area contributed by atoms with Crippen molar-refractivity contribution in [1.82, 2.24) is 15.2 Å². The van der Waals surface area contributed by atoms with Crippen molar-refractivity contribution >= 4 is 22.4 Å². The molecule has 3 aromatic rings. The Balaban J connectivity index is 1.67. The number of anilines is 1. The molecule has 0 aliphatic rings. The Morgan fingerprint density at radius 3 is 2.90 bits per heavy atom. The molecule has 0 fully saturated rings. The van der Waals surface area contributed by atoms with Gasteiger partial charge >= 0.3 is 0 Å². The maximum atomic E-state index is 11.8. The molecule has 20 heavy (non-hydrogen) atoms. The molecule has 0 bridgehead atoms. The average Bonchev–Trinajstić information content (AvgIpc) is 3.11. The summed E-state index contributed by atoms with van der Waals surface area (Å²) < 4.78 is 5.37. The van der Waals surface area contributed by atoms with E-state index in [1.165, 1.54) is 17.6 Å². The minimum Gasteiger partial charge on any atom is -0.444 e. The molecule has 100 valence electrons. The summed E-state index contributed by atoms with van der Waals surface area (Å²) in [6.07, 6.45) is 1.62. The van der Waals surface area contributed by atoms with Crippen LogP contribution in [0.5, 0.6) is 0 Å². The Labute approximate surface area is 118 Å². The second-order valence-corrected chi connectivity index (χ2v) is 4.81. The lowest BCUT2D eigenvalue weighted by Gasteiger charge is -1.97. The van der Waals surface area contributed by atoms with Crippen LogP contribution in [0.4, 0.5) is 5.13 Å². The molecule has 2 heterocycles. The number of benzene rings is 1. The Hall–Kier alpha value is -2.54. The van der Waals surface area contributed by atoms with Crippen LogP contribution in [0.15, 0.2) is 46.5 Å². The van der Waals surface area contributed by atoms with Gasteiger partial charge in [0.05, 0.1) is 12.1 Å². The number of carbonyl (C=O) groups excluding carboxylic acids is 1. The topological polar surface area (TPSA) is 80.9 Å². The quantitative estimate of drug-likeness (QED) is 0.796. The van der Waals surface area contributed by atoms with Gasteiger partial charge in [0.2, 0.25) is 16.9 Å². The standard InChI is InChI=1S/C13H10N4O2S/c18-11(16-13-17-14-8-20-13)6-10-7-19-12(15-10)9-4-2-1-3-5-9/h1-5,7-8H,6H2,(H,16,17,18). The molecular weight excluding hydrogens is 276 g/mol. The van der Waals surface area contributed by atoms with Gasteiger partial charge in [-0.15, -0.1) is 10.2 Å². The van der Waals surface area contributed by atoms with Crippen LogP contribution in [0.2, 0.25) is 0 Å². The predicted octanol–water partition coefficient (Wildman–Crippen LogP) is 2.37. The lowest BCUT2D eigenvalue weighted by Crippen LogP contribution is -2.14. The molecule has 0 aliphatic carbocycles. The summed E-state index contributed by atoms with van der Waals surface area (Å²) in [5.74, 6) is 0.305. The van der Waals surface area contributed by atoms with Crippen LogP contribution in [-0.4, -0.2) is 21.1 Å². The smallest absolute Gasteiger partial charge is 0.232 e. The number of hydrogen-bond donors (Lipinski definition) is 1. The van der Waals surface area contributed by atoms with Crippen molar-refractivity contribution in [3.8, 4) is 11.5 Å². The number of nitrogens with one attached hydrogen (secondary N) is 1. The number of carbonyl (C=O) groups is 1. The predicted molar refractivity (Wildman–Crippen MR) is 74.2 cm³/mol. The number of aromatic nitrogens is 3. The highest BCUT2D eigenvalue weighted by atomic mass is 32.1. The van der Waals surface area contributed by atoms with Gasteiger partial charge in [-0.25, -0.2) is 4.98 Å². The van der Waals surface area contributed by atoms with Gasteiger partial charge in [-0.05, 0) is 12.1 Å². The SMILES string of the molecule is O=C(Cc1coc(-c2ccccc2)n1)Nc1nncs1. The molecule has 3 rings (SSSR count). The van der Waals surface area contributed by atoms with E-state index in [-0.39, 0.29) is 12.3 Å². The van der Waals surface area contributed by atoms with Gasteiger partial charge in [0.1, 0.15) is 11.8 Å². The molecule has 0 radical (unpaired) electrons. The molecule has 0 atom stereocenters. The molecular formula is C13H10N4O2S. The average molecular weight is 286 g/mol. The third-order valence-corrected chi connectivity index (χ3v) is 3.13. The van der Waals surface area contributed by atoms with Gasteiger partial charge in [0.25, 0.3) is 0 Å². The fraction of sp³-hybridized carbons (Fsp3) is 0.0769. The van der Waals surface area contributed by atoms with Gasteiger partial charge in [0.15, 0.2) is 0 Å². The van der Waals surface area contributed by atoms with E-state index in [0.29, 0.717) is 16.7 Å². The monoisotopic (exact) mass is 286 g/mol. The zero-order valence-electron chi connectivity index (χ0n) is 10.3. The molecule has 0 saturated carbocycles. The van der Waals surface area contributed by atoms with Gasteiger partial charge < -0.3 is 9.73 Å². The maximum Gasteiger partial charge on any atom is 0.232 e. The summed E-state index contributed by atoms with van der Waals surface area (Å²) in [6.45, 7) is 0. The Bertz CT molecular complexity index is 694. The summed E-state index contributed by atoms with van der Waals surface area (Å²) in [6, 6.07) is 9.53. The van der Waals surface area contributed by atoms with Crippen LogP contribution < -0.4 is 5.32 Å². The van der Waals surface area contributed by atoms with Crippen molar-refractivity contribution in [2.75, 3.05) is 5.32 Å². The highest BCUT2D eigenvalue weighted by Crippen LogP contribution is 2.18. The first-order valence-electron chi connectivity index (χ1n) is 5.87. The molecule has 1 amide bonds. The van der Waals surface area contributed by atoms with Crippen molar-refractivity contribution in [3.63, 3.8) is 0 Å². The van der Waals surface area contributed by atoms with E-state index < -0.39 is 0 Å². The van der Waals surface area contributed by atoms with Crippen molar-refractivity contribution in [1.29, 1.82) is 0 Å². The number of nitrogens with zero attached hydrogens (tertiary/aromatic N) is 3. The van der Waals surface area contributed by atoms with Crippen LogP contribution in [0.1, 0.15) is 5.69 Å². The van der Waals surface area contributed by atoms with Gasteiger partial charge in [-0.1, -0.05) is 29.5 Å². The number of rotatable bonds is 4.